The van der Waals surface area contributed by atoms with Crippen LogP contribution >= 0.6 is 0 Å². The van der Waals surface area contributed by atoms with Crippen LogP contribution in [0, 0.1) is 6.92 Å². The molecule has 0 atom stereocenters. The highest BCUT2D eigenvalue weighted by Gasteiger charge is 2.14. The lowest BCUT2D eigenvalue weighted by molar-refractivity contribution is 0.0694. The number of hydrogen-bond donors (Lipinski definition) is 1. The van der Waals surface area contributed by atoms with E-state index in [4.69, 9.17) is 9.47 Å². The molecule has 0 aliphatic carbocycles. The number of carboxylic acids is 1. The number of nitrogens with zero attached hydrogens (tertiary/aromatic N) is 2. The fourth-order valence-corrected chi connectivity index (χ4v) is 1.84. The van der Waals surface area contributed by atoms with E-state index in [9.17, 15) is 9.90 Å². The normalized spacial score (nSPS) is 10.2. The standard InChI is InChI=1S/C15H16N2O4/c1-4-10-7-14(17-9(2)16-10)21-13-8-11(20-3)5-6-12(13)15(18)19/h5-8H,4H2,1-3H3,(H,18,19). The lowest BCUT2D eigenvalue weighted by atomic mass is 10.2. The molecule has 21 heavy (non-hydrogen) atoms. The molecule has 0 saturated heterocycles. The first-order valence-electron chi connectivity index (χ1n) is 6.47. The van der Waals surface area contributed by atoms with Crippen molar-refractivity contribution in [1.82, 2.24) is 9.97 Å². The lowest BCUT2D eigenvalue weighted by Crippen LogP contribution is -2.03. The van der Waals surface area contributed by atoms with Crippen LogP contribution in [0.25, 0.3) is 0 Å². The van der Waals surface area contributed by atoms with Gasteiger partial charge in [-0.05, 0) is 25.5 Å². The van der Waals surface area contributed by atoms with E-state index in [2.05, 4.69) is 9.97 Å². The van der Waals surface area contributed by atoms with E-state index in [1.807, 2.05) is 6.92 Å². The summed E-state index contributed by atoms with van der Waals surface area (Å²) in [5, 5.41) is 9.21. The van der Waals surface area contributed by atoms with Gasteiger partial charge in [-0.15, -0.1) is 0 Å². The van der Waals surface area contributed by atoms with E-state index >= 15 is 0 Å². The summed E-state index contributed by atoms with van der Waals surface area (Å²) in [6.45, 7) is 3.73. The number of hydrogen-bond acceptors (Lipinski definition) is 5. The molecule has 2 aromatic rings. The maximum absolute atomic E-state index is 11.2. The number of carboxylic acid groups (broad SMARTS) is 1. The quantitative estimate of drug-likeness (QED) is 0.911. The van der Waals surface area contributed by atoms with Gasteiger partial charge in [0.05, 0.1) is 7.11 Å². The molecule has 0 saturated carbocycles. The van der Waals surface area contributed by atoms with Crippen LogP contribution in [0.1, 0.15) is 28.8 Å². The molecule has 6 heteroatoms. The molecule has 0 aliphatic heterocycles. The number of aromatic nitrogens is 2. The lowest BCUT2D eigenvalue weighted by Gasteiger charge is -2.10. The maximum Gasteiger partial charge on any atom is 0.339 e. The first-order chi connectivity index (χ1) is 10.0. The van der Waals surface area contributed by atoms with Gasteiger partial charge in [-0.3, -0.25) is 0 Å². The second-order valence-electron chi connectivity index (χ2n) is 4.37. The largest absolute Gasteiger partial charge is 0.497 e. The Morgan fingerprint density at radius 2 is 2.05 bits per heavy atom. The number of rotatable bonds is 5. The SMILES string of the molecule is CCc1cc(Oc2cc(OC)ccc2C(=O)O)nc(C)n1. The van der Waals surface area contributed by atoms with Crippen LogP contribution in [0.15, 0.2) is 24.3 Å². The first kappa shape index (κ1) is 14.8. The number of benzene rings is 1. The molecule has 6 nitrogen and oxygen atoms in total. The second kappa shape index (κ2) is 6.21. The van der Waals surface area contributed by atoms with E-state index in [-0.39, 0.29) is 11.3 Å². The van der Waals surface area contributed by atoms with Gasteiger partial charge < -0.3 is 14.6 Å². The minimum Gasteiger partial charge on any atom is -0.497 e. The Morgan fingerprint density at radius 1 is 1.29 bits per heavy atom. The van der Waals surface area contributed by atoms with Crippen molar-refractivity contribution in [3.63, 3.8) is 0 Å². The topological polar surface area (TPSA) is 81.5 Å². The summed E-state index contributed by atoms with van der Waals surface area (Å²) in [4.78, 5) is 19.7. The van der Waals surface area contributed by atoms with Crippen molar-refractivity contribution < 1.29 is 19.4 Å². The summed E-state index contributed by atoms with van der Waals surface area (Å²) in [5.41, 5.74) is 0.877. The van der Waals surface area contributed by atoms with Gasteiger partial charge in [0.1, 0.15) is 22.9 Å². The molecule has 0 unspecified atom stereocenters. The number of methoxy groups -OCH3 is 1. The zero-order valence-corrected chi connectivity index (χ0v) is 12.1. The summed E-state index contributed by atoms with van der Waals surface area (Å²) in [7, 11) is 1.50. The van der Waals surface area contributed by atoms with E-state index in [1.54, 1.807) is 19.1 Å². The first-order valence-corrected chi connectivity index (χ1v) is 6.47. The van der Waals surface area contributed by atoms with E-state index in [0.29, 0.717) is 17.5 Å². The number of ether oxygens (including phenoxy) is 2. The van der Waals surface area contributed by atoms with Crippen molar-refractivity contribution in [2.45, 2.75) is 20.3 Å². The molecule has 110 valence electrons. The average Bonchev–Trinajstić information content (AvgIpc) is 2.46. The molecular weight excluding hydrogens is 272 g/mol. The minimum atomic E-state index is -1.07. The van der Waals surface area contributed by atoms with Crippen LogP contribution < -0.4 is 9.47 Å². The molecule has 1 aromatic carbocycles. The molecule has 2 rings (SSSR count). The van der Waals surface area contributed by atoms with Gasteiger partial charge >= 0.3 is 5.97 Å². The monoisotopic (exact) mass is 288 g/mol. The fourth-order valence-electron chi connectivity index (χ4n) is 1.84. The predicted molar refractivity (Wildman–Crippen MR) is 76.2 cm³/mol. The van der Waals surface area contributed by atoms with Gasteiger partial charge in [-0.2, -0.15) is 4.98 Å². The molecule has 0 radical (unpaired) electrons. The summed E-state index contributed by atoms with van der Waals surface area (Å²) in [6, 6.07) is 6.22. The minimum absolute atomic E-state index is 0.0464. The molecule has 0 spiro atoms. The van der Waals surface area contributed by atoms with E-state index in [0.717, 1.165) is 12.1 Å². The third-order valence-corrected chi connectivity index (χ3v) is 2.86. The molecule has 0 fully saturated rings. The highest BCUT2D eigenvalue weighted by Crippen LogP contribution is 2.29. The highest BCUT2D eigenvalue weighted by molar-refractivity contribution is 5.91. The Hall–Kier alpha value is -2.63. The molecule has 1 N–H and O–H groups in total. The third-order valence-electron chi connectivity index (χ3n) is 2.86. The Bertz CT molecular complexity index is 671. The summed E-state index contributed by atoms with van der Waals surface area (Å²) in [6.07, 6.45) is 0.740. The Morgan fingerprint density at radius 3 is 2.67 bits per heavy atom. The van der Waals surface area contributed by atoms with Gasteiger partial charge in [-0.1, -0.05) is 6.92 Å². The molecule has 0 bridgehead atoms. The summed E-state index contributed by atoms with van der Waals surface area (Å²) >= 11 is 0. The summed E-state index contributed by atoms with van der Waals surface area (Å²) < 4.78 is 10.7. The van der Waals surface area contributed by atoms with Crippen LogP contribution in [0.3, 0.4) is 0 Å². The third kappa shape index (κ3) is 3.47. The van der Waals surface area contributed by atoms with Crippen molar-refractivity contribution in [3.05, 3.63) is 41.3 Å². The average molecular weight is 288 g/mol. The van der Waals surface area contributed by atoms with Gasteiger partial charge in [0.15, 0.2) is 0 Å². The van der Waals surface area contributed by atoms with Crippen LogP contribution in [0.5, 0.6) is 17.4 Å². The Labute approximate surface area is 122 Å². The van der Waals surface area contributed by atoms with Crippen LogP contribution in [-0.4, -0.2) is 28.2 Å². The number of aryl methyl sites for hydroxylation is 2. The number of carbonyl (C=O) groups is 1. The zero-order valence-electron chi connectivity index (χ0n) is 12.1. The second-order valence-corrected chi connectivity index (χ2v) is 4.37. The van der Waals surface area contributed by atoms with Crippen molar-refractivity contribution in [3.8, 4) is 17.4 Å². The van der Waals surface area contributed by atoms with E-state index in [1.165, 1.54) is 19.2 Å². The van der Waals surface area contributed by atoms with Gasteiger partial charge in [-0.25, -0.2) is 9.78 Å². The fraction of sp³-hybridized carbons (Fsp3) is 0.267. The Kier molecular flexibility index (Phi) is 4.37. The van der Waals surface area contributed by atoms with Crippen LogP contribution in [0.4, 0.5) is 0 Å². The number of aromatic carboxylic acids is 1. The smallest absolute Gasteiger partial charge is 0.339 e. The van der Waals surface area contributed by atoms with Gasteiger partial charge in [0, 0.05) is 17.8 Å². The molecule has 1 aromatic heterocycles. The summed E-state index contributed by atoms with van der Waals surface area (Å²) in [5.74, 6) is 0.506. The zero-order chi connectivity index (χ0) is 15.4. The van der Waals surface area contributed by atoms with Gasteiger partial charge in [0.25, 0.3) is 0 Å². The van der Waals surface area contributed by atoms with Gasteiger partial charge in [0.2, 0.25) is 5.88 Å². The van der Waals surface area contributed by atoms with E-state index < -0.39 is 5.97 Å². The molecule has 1 heterocycles. The van der Waals surface area contributed by atoms with Crippen LogP contribution in [0.2, 0.25) is 0 Å². The predicted octanol–water partition coefficient (Wildman–Crippen LogP) is 2.85. The van der Waals surface area contributed by atoms with Crippen molar-refractivity contribution in [1.29, 1.82) is 0 Å². The molecular formula is C15H16N2O4. The highest BCUT2D eigenvalue weighted by atomic mass is 16.5. The maximum atomic E-state index is 11.2. The Balaban J connectivity index is 2.42. The van der Waals surface area contributed by atoms with Crippen molar-refractivity contribution in [2.24, 2.45) is 0 Å². The van der Waals surface area contributed by atoms with Crippen molar-refractivity contribution in [2.75, 3.05) is 7.11 Å². The van der Waals surface area contributed by atoms with Crippen molar-refractivity contribution >= 4 is 5.97 Å². The molecule has 0 aliphatic rings. The molecule has 0 amide bonds. The van der Waals surface area contributed by atoms with Crippen LogP contribution in [-0.2, 0) is 6.42 Å².